The number of imidazole rings is 1. The van der Waals surface area contributed by atoms with E-state index in [0.29, 0.717) is 18.8 Å². The maximum absolute atomic E-state index is 12.9. The van der Waals surface area contributed by atoms with Crippen LogP contribution in [0.25, 0.3) is 0 Å². The Hall–Kier alpha value is -1.86. The summed E-state index contributed by atoms with van der Waals surface area (Å²) in [4.78, 5) is 19.2. The molecule has 1 N–H and O–H groups in total. The molecule has 3 rings (SSSR count). The number of halogens is 1. The predicted molar refractivity (Wildman–Crippen MR) is 94.8 cm³/mol. The van der Waals surface area contributed by atoms with Gasteiger partial charge in [0.2, 0.25) is 0 Å². The van der Waals surface area contributed by atoms with E-state index in [1.807, 2.05) is 47.0 Å². The van der Waals surface area contributed by atoms with Crippen LogP contribution in [-0.4, -0.2) is 46.1 Å². The second kappa shape index (κ2) is 7.36. The number of benzene rings is 1. The van der Waals surface area contributed by atoms with Gasteiger partial charge in [0.25, 0.3) is 5.91 Å². The number of aromatic nitrogens is 2. The number of carbonyl (C=O) groups excluding carboxylic acids is 1. The van der Waals surface area contributed by atoms with Crippen molar-refractivity contribution in [1.29, 1.82) is 0 Å². The zero-order valence-electron chi connectivity index (χ0n) is 13.8. The molecule has 24 heavy (non-hydrogen) atoms. The summed E-state index contributed by atoms with van der Waals surface area (Å²) in [6.07, 6.45) is 3.11. The van der Waals surface area contributed by atoms with Gasteiger partial charge in [-0.1, -0.05) is 15.9 Å². The number of rotatable bonds is 4. The molecule has 1 aliphatic heterocycles. The van der Waals surface area contributed by atoms with Crippen molar-refractivity contribution in [1.82, 2.24) is 19.8 Å². The Balaban J connectivity index is 1.73. The van der Waals surface area contributed by atoms with Gasteiger partial charge in [0.15, 0.2) is 6.10 Å². The van der Waals surface area contributed by atoms with Crippen LogP contribution in [0, 0.1) is 0 Å². The first-order valence-corrected chi connectivity index (χ1v) is 8.76. The minimum atomic E-state index is -0.549. The molecule has 0 aliphatic carbocycles. The third-order valence-electron chi connectivity index (χ3n) is 4.16. The number of ether oxygens (including phenoxy) is 1. The summed E-state index contributed by atoms with van der Waals surface area (Å²) < 4.78 is 8.75. The standard InChI is InChI=1S/C17H21BrN4O2/c1-12(24-14-5-3-13(18)4-6-14)17(23)22-10-7-19-11-15(22)16-20-8-9-21(16)2/h3-6,8-9,12,15,19H,7,10-11H2,1-2H3. The summed E-state index contributed by atoms with van der Waals surface area (Å²) in [5.41, 5.74) is 0. The fourth-order valence-corrected chi connectivity index (χ4v) is 3.16. The molecule has 6 nitrogen and oxygen atoms in total. The third kappa shape index (κ3) is 3.62. The zero-order valence-corrected chi connectivity index (χ0v) is 15.4. The minimum absolute atomic E-state index is 0.0209. The van der Waals surface area contributed by atoms with Crippen LogP contribution < -0.4 is 10.1 Å². The monoisotopic (exact) mass is 392 g/mol. The van der Waals surface area contributed by atoms with Crippen LogP contribution in [0.4, 0.5) is 0 Å². The van der Waals surface area contributed by atoms with E-state index in [4.69, 9.17) is 4.74 Å². The molecule has 128 valence electrons. The molecule has 7 heteroatoms. The van der Waals surface area contributed by atoms with Gasteiger partial charge in [0.1, 0.15) is 17.6 Å². The normalized spacial score (nSPS) is 19.1. The van der Waals surface area contributed by atoms with Gasteiger partial charge in [-0.2, -0.15) is 0 Å². The van der Waals surface area contributed by atoms with Gasteiger partial charge in [-0.25, -0.2) is 4.98 Å². The fourth-order valence-electron chi connectivity index (χ4n) is 2.90. The van der Waals surface area contributed by atoms with E-state index < -0.39 is 6.10 Å². The Morgan fingerprint density at radius 3 is 2.83 bits per heavy atom. The summed E-state index contributed by atoms with van der Waals surface area (Å²) >= 11 is 3.39. The topological polar surface area (TPSA) is 59.4 Å². The average molecular weight is 393 g/mol. The predicted octanol–water partition coefficient (Wildman–Crippen LogP) is 2.12. The van der Waals surface area contributed by atoms with Crippen LogP contribution in [0.5, 0.6) is 5.75 Å². The number of piperazine rings is 1. The number of hydrogen-bond donors (Lipinski definition) is 1. The molecular formula is C17H21BrN4O2. The Morgan fingerprint density at radius 1 is 1.42 bits per heavy atom. The lowest BCUT2D eigenvalue weighted by molar-refractivity contribution is -0.141. The second-order valence-electron chi connectivity index (χ2n) is 5.86. The van der Waals surface area contributed by atoms with E-state index in [9.17, 15) is 4.79 Å². The van der Waals surface area contributed by atoms with Crippen molar-refractivity contribution in [2.45, 2.75) is 19.1 Å². The highest BCUT2D eigenvalue weighted by atomic mass is 79.9. The maximum atomic E-state index is 12.9. The summed E-state index contributed by atoms with van der Waals surface area (Å²) in [7, 11) is 1.95. The summed E-state index contributed by atoms with van der Waals surface area (Å²) in [6, 6.07) is 7.41. The van der Waals surface area contributed by atoms with Crippen molar-refractivity contribution in [3.8, 4) is 5.75 Å². The van der Waals surface area contributed by atoms with E-state index in [2.05, 4.69) is 26.2 Å². The van der Waals surface area contributed by atoms with E-state index in [0.717, 1.165) is 16.8 Å². The first-order valence-electron chi connectivity index (χ1n) is 7.97. The van der Waals surface area contributed by atoms with Gasteiger partial charge in [-0.15, -0.1) is 0 Å². The van der Waals surface area contributed by atoms with Crippen LogP contribution in [0.2, 0.25) is 0 Å². The zero-order chi connectivity index (χ0) is 17.1. The van der Waals surface area contributed by atoms with E-state index in [1.54, 1.807) is 13.1 Å². The Morgan fingerprint density at radius 2 is 2.17 bits per heavy atom. The molecule has 0 spiro atoms. The fraction of sp³-hybridized carbons (Fsp3) is 0.412. The highest BCUT2D eigenvalue weighted by Crippen LogP contribution is 2.23. The summed E-state index contributed by atoms with van der Waals surface area (Å²) in [5.74, 6) is 1.54. The number of aryl methyl sites for hydroxylation is 1. The molecule has 1 aliphatic rings. The Kier molecular flexibility index (Phi) is 5.20. The summed E-state index contributed by atoms with van der Waals surface area (Å²) in [5, 5.41) is 3.34. The molecule has 2 aromatic rings. The van der Waals surface area contributed by atoms with Gasteiger partial charge >= 0.3 is 0 Å². The first kappa shape index (κ1) is 17.0. The number of carbonyl (C=O) groups is 1. The molecule has 1 aromatic carbocycles. The van der Waals surface area contributed by atoms with Crippen molar-refractivity contribution < 1.29 is 9.53 Å². The number of nitrogens with one attached hydrogen (secondary N) is 1. The van der Waals surface area contributed by atoms with E-state index in [1.165, 1.54) is 0 Å². The quantitative estimate of drug-likeness (QED) is 0.865. The first-order chi connectivity index (χ1) is 11.6. The van der Waals surface area contributed by atoms with Crippen molar-refractivity contribution in [2.75, 3.05) is 19.6 Å². The Bertz CT molecular complexity index is 701. The van der Waals surface area contributed by atoms with Crippen LogP contribution in [0.1, 0.15) is 18.8 Å². The van der Waals surface area contributed by atoms with Crippen molar-refractivity contribution in [2.24, 2.45) is 7.05 Å². The average Bonchev–Trinajstić information content (AvgIpc) is 3.02. The van der Waals surface area contributed by atoms with Crippen LogP contribution in [0.15, 0.2) is 41.1 Å². The molecule has 1 fully saturated rings. The molecule has 1 saturated heterocycles. The second-order valence-corrected chi connectivity index (χ2v) is 6.78. The molecule has 2 unspecified atom stereocenters. The molecule has 0 bridgehead atoms. The number of nitrogens with zero attached hydrogens (tertiary/aromatic N) is 3. The molecular weight excluding hydrogens is 372 g/mol. The van der Waals surface area contributed by atoms with Gasteiger partial charge in [-0.05, 0) is 31.2 Å². The van der Waals surface area contributed by atoms with Crippen molar-refractivity contribution in [3.63, 3.8) is 0 Å². The highest BCUT2D eigenvalue weighted by molar-refractivity contribution is 9.10. The van der Waals surface area contributed by atoms with Gasteiger partial charge in [0.05, 0.1) is 0 Å². The van der Waals surface area contributed by atoms with E-state index >= 15 is 0 Å². The lowest BCUT2D eigenvalue weighted by Gasteiger charge is -2.37. The molecule has 2 atom stereocenters. The molecule has 2 heterocycles. The van der Waals surface area contributed by atoms with Crippen molar-refractivity contribution in [3.05, 3.63) is 47.0 Å². The maximum Gasteiger partial charge on any atom is 0.264 e. The molecule has 0 radical (unpaired) electrons. The largest absolute Gasteiger partial charge is 0.481 e. The van der Waals surface area contributed by atoms with Gasteiger partial charge < -0.3 is 19.5 Å². The van der Waals surface area contributed by atoms with Gasteiger partial charge in [0, 0.05) is 43.5 Å². The van der Waals surface area contributed by atoms with Crippen LogP contribution in [-0.2, 0) is 11.8 Å². The van der Waals surface area contributed by atoms with Crippen LogP contribution in [0.3, 0.4) is 0 Å². The number of amides is 1. The van der Waals surface area contributed by atoms with E-state index in [-0.39, 0.29) is 11.9 Å². The smallest absolute Gasteiger partial charge is 0.264 e. The molecule has 1 aromatic heterocycles. The van der Waals surface area contributed by atoms with Crippen molar-refractivity contribution >= 4 is 21.8 Å². The SMILES string of the molecule is CC(Oc1ccc(Br)cc1)C(=O)N1CCNCC1c1nccn1C. The van der Waals surface area contributed by atoms with Gasteiger partial charge in [-0.3, -0.25) is 4.79 Å². The lowest BCUT2D eigenvalue weighted by Crippen LogP contribution is -2.52. The molecule has 1 amide bonds. The highest BCUT2D eigenvalue weighted by Gasteiger charge is 2.33. The molecule has 0 saturated carbocycles. The minimum Gasteiger partial charge on any atom is -0.481 e. The summed E-state index contributed by atoms with van der Waals surface area (Å²) in [6.45, 7) is 3.91. The number of hydrogen-bond acceptors (Lipinski definition) is 4. The van der Waals surface area contributed by atoms with Crippen LogP contribution >= 0.6 is 15.9 Å². The third-order valence-corrected chi connectivity index (χ3v) is 4.69. The lowest BCUT2D eigenvalue weighted by atomic mass is 10.1. The Labute approximate surface area is 149 Å².